The molecule has 3 N–H and O–H groups in total. The van der Waals surface area contributed by atoms with E-state index in [2.05, 4.69) is 0 Å². The van der Waals surface area contributed by atoms with Gasteiger partial charge < -0.3 is 20.1 Å². The summed E-state index contributed by atoms with van der Waals surface area (Å²) in [6, 6.07) is 0. The van der Waals surface area contributed by atoms with E-state index in [0.717, 1.165) is 0 Å². The normalized spacial score (nSPS) is 49.2. The molecule has 1 heterocycles. The van der Waals surface area contributed by atoms with Gasteiger partial charge in [-0.25, -0.2) is 0 Å². The summed E-state index contributed by atoms with van der Waals surface area (Å²) in [5, 5.41) is 27.7. The predicted molar refractivity (Wildman–Crippen MR) is 42.6 cm³/mol. The van der Waals surface area contributed by atoms with Crippen molar-refractivity contribution < 1.29 is 20.1 Å². The lowest BCUT2D eigenvalue weighted by Gasteiger charge is -2.39. The van der Waals surface area contributed by atoms with Crippen LogP contribution in [-0.2, 0) is 4.74 Å². The van der Waals surface area contributed by atoms with Crippen molar-refractivity contribution >= 4 is 0 Å². The average molecular weight is 176 g/mol. The van der Waals surface area contributed by atoms with Crippen LogP contribution < -0.4 is 0 Å². The molecule has 0 unspecified atom stereocenters. The van der Waals surface area contributed by atoms with Gasteiger partial charge in [-0.2, -0.15) is 0 Å². The van der Waals surface area contributed by atoms with Crippen LogP contribution in [0.2, 0.25) is 0 Å². The first kappa shape index (κ1) is 9.92. The van der Waals surface area contributed by atoms with Crippen LogP contribution in [0.3, 0.4) is 0 Å². The molecule has 1 rings (SSSR count). The zero-order chi connectivity index (χ0) is 9.30. The monoisotopic (exact) mass is 176 g/mol. The minimum absolute atomic E-state index is 0.116. The summed E-state index contributed by atoms with van der Waals surface area (Å²) in [6.07, 6.45) is -2.42. The van der Waals surface area contributed by atoms with Gasteiger partial charge in [-0.3, -0.25) is 0 Å². The third-order valence-electron chi connectivity index (χ3n) is 2.53. The molecule has 4 nitrogen and oxygen atoms in total. The van der Waals surface area contributed by atoms with Crippen LogP contribution in [0.25, 0.3) is 0 Å². The van der Waals surface area contributed by atoms with Crippen LogP contribution in [0, 0.1) is 5.92 Å². The molecule has 0 aromatic carbocycles. The summed E-state index contributed by atoms with van der Waals surface area (Å²) < 4.78 is 5.27. The summed E-state index contributed by atoms with van der Waals surface area (Å²) in [6.45, 7) is 3.32. The second-order valence-electron chi connectivity index (χ2n) is 3.40. The standard InChI is InChI=1S/C8H16O4/c1-4-6(3-9)12-5(2)8(11)7(4)10/h4-11H,3H2,1-2H3/t4-,5-,6-,7+,8-/m0/s1. The van der Waals surface area contributed by atoms with Crippen molar-refractivity contribution in [3.05, 3.63) is 0 Å². The van der Waals surface area contributed by atoms with Crippen molar-refractivity contribution in [3.63, 3.8) is 0 Å². The highest BCUT2D eigenvalue weighted by atomic mass is 16.5. The molecule has 0 bridgehead atoms. The van der Waals surface area contributed by atoms with Crippen LogP contribution in [0.1, 0.15) is 13.8 Å². The van der Waals surface area contributed by atoms with E-state index < -0.39 is 18.3 Å². The number of ether oxygens (including phenoxy) is 1. The van der Waals surface area contributed by atoms with Gasteiger partial charge in [-0.05, 0) is 6.92 Å². The number of rotatable bonds is 1. The van der Waals surface area contributed by atoms with Crippen molar-refractivity contribution in [2.45, 2.75) is 38.3 Å². The Morgan fingerprint density at radius 3 is 2.25 bits per heavy atom. The molecule has 1 aliphatic heterocycles. The SMILES string of the molecule is C[C@@H]1[C@@H](O)[C@@H](O)[C@H](C)O[C@H]1CO. The topological polar surface area (TPSA) is 69.9 Å². The fraction of sp³-hybridized carbons (Fsp3) is 1.00. The molecule has 0 spiro atoms. The van der Waals surface area contributed by atoms with Crippen molar-refractivity contribution in [1.82, 2.24) is 0 Å². The average Bonchev–Trinajstić information content (AvgIpc) is 2.08. The number of hydrogen-bond donors (Lipinski definition) is 3. The maximum Gasteiger partial charge on any atom is 0.106 e. The summed E-state index contributed by atoms with van der Waals surface area (Å²) in [5.41, 5.74) is 0. The fourth-order valence-electron chi connectivity index (χ4n) is 1.50. The molecule has 0 amide bonds. The van der Waals surface area contributed by atoms with Crippen molar-refractivity contribution in [2.75, 3.05) is 6.61 Å². The maximum absolute atomic E-state index is 9.48. The Balaban J connectivity index is 2.63. The van der Waals surface area contributed by atoms with Gasteiger partial charge in [0.2, 0.25) is 0 Å². The molecule has 4 heteroatoms. The third-order valence-corrected chi connectivity index (χ3v) is 2.53. The Kier molecular flexibility index (Phi) is 3.06. The van der Waals surface area contributed by atoms with Gasteiger partial charge in [-0.15, -0.1) is 0 Å². The van der Waals surface area contributed by atoms with E-state index in [1.807, 2.05) is 0 Å². The van der Waals surface area contributed by atoms with Gasteiger partial charge in [0, 0.05) is 5.92 Å². The van der Waals surface area contributed by atoms with Gasteiger partial charge in [0.1, 0.15) is 6.10 Å². The number of aliphatic hydroxyl groups excluding tert-OH is 3. The Hall–Kier alpha value is -0.160. The fourth-order valence-corrected chi connectivity index (χ4v) is 1.50. The lowest BCUT2D eigenvalue weighted by molar-refractivity contribution is -0.198. The van der Waals surface area contributed by atoms with E-state index in [0.29, 0.717) is 0 Å². The first-order chi connectivity index (χ1) is 5.57. The smallest absolute Gasteiger partial charge is 0.106 e. The highest BCUT2D eigenvalue weighted by molar-refractivity contribution is 4.87. The van der Waals surface area contributed by atoms with Crippen LogP contribution in [0.15, 0.2) is 0 Å². The quantitative estimate of drug-likeness (QED) is 0.485. The molecule has 72 valence electrons. The molecule has 0 radical (unpaired) electrons. The lowest BCUT2D eigenvalue weighted by Crippen LogP contribution is -2.53. The minimum atomic E-state index is -0.845. The van der Waals surface area contributed by atoms with Gasteiger partial charge in [0.15, 0.2) is 0 Å². The molecule has 0 aliphatic carbocycles. The molecule has 1 aliphatic rings. The molecule has 1 saturated heterocycles. The van der Waals surface area contributed by atoms with E-state index in [-0.39, 0.29) is 18.6 Å². The van der Waals surface area contributed by atoms with E-state index in [4.69, 9.17) is 9.84 Å². The Bertz CT molecular complexity index is 145. The van der Waals surface area contributed by atoms with E-state index in [1.165, 1.54) is 0 Å². The largest absolute Gasteiger partial charge is 0.394 e. The highest BCUT2D eigenvalue weighted by Gasteiger charge is 2.39. The van der Waals surface area contributed by atoms with Crippen LogP contribution >= 0.6 is 0 Å². The maximum atomic E-state index is 9.48. The third kappa shape index (κ3) is 1.61. The number of aliphatic hydroxyl groups is 3. The summed E-state index contributed by atoms with van der Waals surface area (Å²) in [4.78, 5) is 0. The Morgan fingerprint density at radius 2 is 1.75 bits per heavy atom. The zero-order valence-electron chi connectivity index (χ0n) is 7.34. The van der Waals surface area contributed by atoms with Crippen molar-refractivity contribution in [2.24, 2.45) is 5.92 Å². The zero-order valence-corrected chi connectivity index (χ0v) is 7.34. The molecule has 0 aromatic rings. The van der Waals surface area contributed by atoms with E-state index >= 15 is 0 Å². The molecule has 0 aromatic heterocycles. The lowest BCUT2D eigenvalue weighted by atomic mass is 9.89. The molecule has 12 heavy (non-hydrogen) atoms. The Morgan fingerprint density at radius 1 is 1.17 bits per heavy atom. The first-order valence-corrected chi connectivity index (χ1v) is 4.20. The van der Waals surface area contributed by atoms with Crippen LogP contribution in [0.4, 0.5) is 0 Å². The van der Waals surface area contributed by atoms with Crippen LogP contribution in [0.5, 0.6) is 0 Å². The second-order valence-corrected chi connectivity index (χ2v) is 3.40. The number of hydrogen-bond acceptors (Lipinski definition) is 4. The van der Waals surface area contributed by atoms with Gasteiger partial charge in [-0.1, -0.05) is 6.92 Å². The molecular weight excluding hydrogens is 160 g/mol. The van der Waals surface area contributed by atoms with Gasteiger partial charge in [0.25, 0.3) is 0 Å². The predicted octanol–water partition coefficient (Wildman–Crippen LogP) is -0.876. The van der Waals surface area contributed by atoms with Gasteiger partial charge in [0.05, 0.1) is 24.9 Å². The van der Waals surface area contributed by atoms with Crippen molar-refractivity contribution in [3.8, 4) is 0 Å². The molecular formula is C8H16O4. The first-order valence-electron chi connectivity index (χ1n) is 4.20. The molecule has 5 atom stereocenters. The van der Waals surface area contributed by atoms with E-state index in [9.17, 15) is 10.2 Å². The molecule has 1 fully saturated rings. The van der Waals surface area contributed by atoms with Gasteiger partial charge >= 0.3 is 0 Å². The Labute approximate surface area is 71.8 Å². The minimum Gasteiger partial charge on any atom is -0.394 e. The van der Waals surface area contributed by atoms with E-state index in [1.54, 1.807) is 13.8 Å². The summed E-state index contributed by atoms with van der Waals surface area (Å²) in [7, 11) is 0. The highest BCUT2D eigenvalue weighted by Crippen LogP contribution is 2.25. The summed E-state index contributed by atoms with van der Waals surface area (Å²) in [5.74, 6) is -0.221. The summed E-state index contributed by atoms with van der Waals surface area (Å²) >= 11 is 0. The molecule has 0 saturated carbocycles. The second kappa shape index (κ2) is 3.70. The van der Waals surface area contributed by atoms with Crippen molar-refractivity contribution in [1.29, 1.82) is 0 Å². The van der Waals surface area contributed by atoms with Crippen LogP contribution in [-0.4, -0.2) is 46.3 Å².